The highest BCUT2D eigenvalue weighted by Gasteiger charge is 2.19. The fraction of sp³-hybridized carbons (Fsp3) is 0. The molecule has 0 aliphatic rings. The van der Waals surface area contributed by atoms with E-state index in [1.54, 1.807) is 0 Å². The summed E-state index contributed by atoms with van der Waals surface area (Å²) in [7, 11) is 0. The van der Waals surface area contributed by atoms with Gasteiger partial charge in [-0.05, 0) is 54.6 Å². The van der Waals surface area contributed by atoms with Gasteiger partial charge in [0, 0.05) is 44.7 Å². The van der Waals surface area contributed by atoms with Crippen LogP contribution in [0.15, 0.2) is 134 Å². The lowest BCUT2D eigenvalue weighted by Crippen LogP contribution is -1.98. The molecule has 0 N–H and O–H groups in total. The number of hydrogen-bond acceptors (Lipinski definition) is 2. The Morgan fingerprint density at radius 2 is 1.00 bits per heavy atom. The van der Waals surface area contributed by atoms with Crippen molar-refractivity contribution in [2.45, 2.75) is 0 Å². The van der Waals surface area contributed by atoms with Gasteiger partial charge in [-0.1, -0.05) is 72.8 Å². The summed E-state index contributed by atoms with van der Waals surface area (Å²) in [6, 6.07) is 44.6. The van der Waals surface area contributed by atoms with Crippen LogP contribution in [-0.4, -0.2) is 19.1 Å². The van der Waals surface area contributed by atoms with Crippen LogP contribution >= 0.6 is 0 Å². The smallest absolute Gasteiger partial charge is 0.148 e. The summed E-state index contributed by atoms with van der Waals surface area (Å²) >= 11 is 0. The quantitative estimate of drug-likeness (QED) is 0.252. The number of para-hydroxylation sites is 3. The Balaban J connectivity index is 1.45. The van der Waals surface area contributed by atoms with E-state index in [4.69, 9.17) is 4.98 Å². The summed E-state index contributed by atoms with van der Waals surface area (Å²) in [6.45, 7) is 0. The minimum absolute atomic E-state index is 0.948. The third-order valence-corrected chi connectivity index (χ3v) is 7.38. The van der Waals surface area contributed by atoms with Crippen molar-refractivity contribution in [3.8, 4) is 22.6 Å². The second-order valence-electron chi connectivity index (χ2n) is 9.53. The Morgan fingerprint density at radius 1 is 0.447 bits per heavy atom. The molecule has 38 heavy (non-hydrogen) atoms. The van der Waals surface area contributed by atoms with Crippen molar-refractivity contribution in [3.63, 3.8) is 0 Å². The highest BCUT2D eigenvalue weighted by Crippen LogP contribution is 2.37. The predicted molar refractivity (Wildman–Crippen MR) is 156 cm³/mol. The van der Waals surface area contributed by atoms with Gasteiger partial charge < -0.3 is 0 Å². The van der Waals surface area contributed by atoms with Crippen molar-refractivity contribution in [3.05, 3.63) is 134 Å². The van der Waals surface area contributed by atoms with Gasteiger partial charge in [0.05, 0.1) is 16.7 Å². The molecule has 0 bridgehead atoms. The van der Waals surface area contributed by atoms with Crippen molar-refractivity contribution in [2.24, 2.45) is 0 Å². The zero-order valence-electron chi connectivity index (χ0n) is 20.5. The Kier molecular flexibility index (Phi) is 4.49. The third-order valence-electron chi connectivity index (χ3n) is 7.38. The van der Waals surface area contributed by atoms with Gasteiger partial charge in [0.2, 0.25) is 0 Å². The molecule has 4 aromatic heterocycles. The zero-order valence-corrected chi connectivity index (χ0v) is 20.5. The fourth-order valence-corrected chi connectivity index (χ4v) is 5.67. The van der Waals surface area contributed by atoms with E-state index in [0.717, 1.165) is 55.7 Å². The molecule has 0 unspecified atom stereocenters. The average Bonchev–Trinajstić information content (AvgIpc) is 3.49. The fourth-order valence-electron chi connectivity index (χ4n) is 5.67. The Hall–Kier alpha value is -5.22. The highest BCUT2D eigenvalue weighted by atomic mass is 15.1. The largest absolute Gasteiger partial charge is 0.294 e. The van der Waals surface area contributed by atoms with Crippen molar-refractivity contribution in [1.82, 2.24) is 19.1 Å². The number of benzene rings is 4. The molecule has 4 nitrogen and oxygen atoms in total. The van der Waals surface area contributed by atoms with E-state index in [1.807, 2.05) is 24.4 Å². The minimum Gasteiger partial charge on any atom is -0.294 e. The topological polar surface area (TPSA) is 35.6 Å². The molecule has 0 aliphatic carbocycles. The lowest BCUT2D eigenvalue weighted by atomic mass is 10.1. The van der Waals surface area contributed by atoms with E-state index in [2.05, 4.69) is 123 Å². The molecule has 0 atom stereocenters. The maximum atomic E-state index is 5.40. The van der Waals surface area contributed by atoms with Crippen LogP contribution in [-0.2, 0) is 0 Å². The Morgan fingerprint density at radius 3 is 1.61 bits per heavy atom. The number of hydrogen-bond donors (Lipinski definition) is 0. The standard InChI is InChI=1S/C34H22N4/c1-2-10-24(11-3-1)37-31-15-6-4-12-26(31)28-22-29-27-13-5-7-16-32(27)38(34(29)36-33(28)37)25-19-17-23(18-20-25)30-14-8-9-21-35-30/h1-22H. The third kappa shape index (κ3) is 3.04. The summed E-state index contributed by atoms with van der Waals surface area (Å²) in [4.78, 5) is 9.91. The van der Waals surface area contributed by atoms with Gasteiger partial charge in [-0.15, -0.1) is 0 Å². The van der Waals surface area contributed by atoms with Crippen LogP contribution in [0.2, 0.25) is 0 Å². The maximum Gasteiger partial charge on any atom is 0.148 e. The second-order valence-corrected chi connectivity index (χ2v) is 9.53. The zero-order chi connectivity index (χ0) is 25.1. The predicted octanol–water partition coefficient (Wildman–Crippen LogP) is 8.34. The molecule has 0 fully saturated rings. The lowest BCUT2D eigenvalue weighted by Gasteiger charge is -2.10. The monoisotopic (exact) mass is 486 g/mol. The normalized spacial score (nSPS) is 11.7. The SMILES string of the molecule is c1ccc(-n2c3ccccc3c3cc4c5ccccc5n(-c5ccc(-c6ccccn6)cc5)c4nc32)cc1. The highest BCUT2D eigenvalue weighted by molar-refractivity contribution is 6.16. The first-order valence-corrected chi connectivity index (χ1v) is 12.8. The van der Waals surface area contributed by atoms with E-state index >= 15 is 0 Å². The van der Waals surface area contributed by atoms with E-state index in [-0.39, 0.29) is 0 Å². The molecule has 8 aromatic rings. The Labute approximate surface area is 219 Å². The van der Waals surface area contributed by atoms with Crippen LogP contribution in [0, 0.1) is 0 Å². The molecular weight excluding hydrogens is 464 g/mol. The van der Waals surface area contributed by atoms with E-state index in [9.17, 15) is 0 Å². The van der Waals surface area contributed by atoms with Crippen LogP contribution < -0.4 is 0 Å². The second kappa shape index (κ2) is 8.15. The first-order valence-electron chi connectivity index (χ1n) is 12.8. The number of fused-ring (bicyclic) bond motifs is 6. The summed E-state index contributed by atoms with van der Waals surface area (Å²) in [5.74, 6) is 0. The molecule has 178 valence electrons. The van der Waals surface area contributed by atoms with Crippen LogP contribution in [0.5, 0.6) is 0 Å². The van der Waals surface area contributed by atoms with Gasteiger partial charge in [0.15, 0.2) is 0 Å². The van der Waals surface area contributed by atoms with Gasteiger partial charge in [-0.3, -0.25) is 14.1 Å². The summed E-state index contributed by atoms with van der Waals surface area (Å²) in [5, 5.41) is 4.71. The van der Waals surface area contributed by atoms with Gasteiger partial charge in [0.1, 0.15) is 11.3 Å². The van der Waals surface area contributed by atoms with Crippen molar-refractivity contribution >= 4 is 43.9 Å². The van der Waals surface area contributed by atoms with Gasteiger partial charge in [-0.2, -0.15) is 0 Å². The molecule has 4 aromatic carbocycles. The molecule has 0 aliphatic heterocycles. The van der Waals surface area contributed by atoms with E-state index < -0.39 is 0 Å². The molecule has 0 amide bonds. The molecule has 0 spiro atoms. The first-order chi connectivity index (χ1) is 18.9. The van der Waals surface area contributed by atoms with Gasteiger partial charge in [-0.25, -0.2) is 4.98 Å². The maximum absolute atomic E-state index is 5.40. The number of rotatable bonds is 3. The molecule has 4 heteroatoms. The van der Waals surface area contributed by atoms with Crippen LogP contribution in [0.4, 0.5) is 0 Å². The Bertz CT molecular complexity index is 2100. The lowest BCUT2D eigenvalue weighted by molar-refractivity contribution is 1.11. The van der Waals surface area contributed by atoms with Gasteiger partial charge >= 0.3 is 0 Å². The molecule has 0 saturated heterocycles. The van der Waals surface area contributed by atoms with Crippen LogP contribution in [0.3, 0.4) is 0 Å². The van der Waals surface area contributed by atoms with Crippen molar-refractivity contribution in [2.75, 3.05) is 0 Å². The summed E-state index contributed by atoms with van der Waals surface area (Å²) in [5.41, 5.74) is 8.44. The molecule has 0 radical (unpaired) electrons. The molecule has 4 heterocycles. The van der Waals surface area contributed by atoms with Crippen LogP contribution in [0.25, 0.3) is 66.5 Å². The van der Waals surface area contributed by atoms with Crippen molar-refractivity contribution < 1.29 is 0 Å². The number of aromatic nitrogens is 4. The number of pyridine rings is 2. The van der Waals surface area contributed by atoms with Crippen LogP contribution in [0.1, 0.15) is 0 Å². The summed E-state index contributed by atoms with van der Waals surface area (Å²) < 4.78 is 4.55. The molecular formula is C34H22N4. The van der Waals surface area contributed by atoms with E-state index in [1.165, 1.54) is 10.8 Å². The van der Waals surface area contributed by atoms with Crippen molar-refractivity contribution in [1.29, 1.82) is 0 Å². The first kappa shape index (κ1) is 20.9. The summed E-state index contributed by atoms with van der Waals surface area (Å²) in [6.07, 6.45) is 1.83. The minimum atomic E-state index is 0.948. The average molecular weight is 487 g/mol. The van der Waals surface area contributed by atoms with E-state index in [0.29, 0.717) is 0 Å². The molecule has 8 rings (SSSR count). The van der Waals surface area contributed by atoms with Gasteiger partial charge in [0.25, 0.3) is 0 Å². The molecule has 0 saturated carbocycles. The number of nitrogens with zero attached hydrogens (tertiary/aromatic N) is 4.